The van der Waals surface area contributed by atoms with Crippen LogP contribution in [0.15, 0.2) is 23.3 Å². The number of hydrogen-bond acceptors (Lipinski definition) is 9. The standard InChI is InChI=1S/C40H62O9/c1-10-11-12-13-14-15-16-17-18-19-31(42)49-39-22-26(5)38-21-25(4)35(48-36(45)27(6)24(2)3)40(38,46)33(43)29(23-47-28(7)41)20-30(34(38)44)32(39)37(39,8)9/h20-21,24,26-27,30,32-33,35,43,46H,10-19,22-23H2,1-9H3/t26-,27?,30+,32?,33-,35+,38+,39+,40+/m1/s1. The van der Waals surface area contributed by atoms with Gasteiger partial charge in [-0.3, -0.25) is 19.2 Å². The van der Waals surface area contributed by atoms with E-state index in [2.05, 4.69) is 6.92 Å². The number of Topliss-reactive ketones (excluding diaryl/α,β-unsaturated/α-hetero) is 1. The fraction of sp³-hybridized carbons (Fsp3) is 0.800. The van der Waals surface area contributed by atoms with Gasteiger partial charge in [0, 0.05) is 30.6 Å². The Labute approximate surface area is 293 Å². The fourth-order valence-corrected chi connectivity index (χ4v) is 9.40. The van der Waals surface area contributed by atoms with E-state index < -0.39 is 69.9 Å². The van der Waals surface area contributed by atoms with Crippen LogP contribution in [0.1, 0.15) is 133 Å². The minimum absolute atomic E-state index is 0.0393. The number of ether oxygens (including phenoxy) is 3. The Hall–Kier alpha value is -2.52. The van der Waals surface area contributed by atoms with Crippen molar-refractivity contribution in [2.24, 2.45) is 40.4 Å². The van der Waals surface area contributed by atoms with E-state index in [0.717, 1.165) is 25.7 Å². The zero-order chi connectivity index (χ0) is 36.5. The smallest absolute Gasteiger partial charge is 0.309 e. The van der Waals surface area contributed by atoms with Gasteiger partial charge in [-0.25, -0.2) is 0 Å². The highest BCUT2D eigenvalue weighted by atomic mass is 16.6. The van der Waals surface area contributed by atoms with Crippen molar-refractivity contribution in [3.05, 3.63) is 23.3 Å². The monoisotopic (exact) mass is 686 g/mol. The second-order valence-electron chi connectivity index (χ2n) is 16.5. The van der Waals surface area contributed by atoms with Gasteiger partial charge in [-0.05, 0) is 42.7 Å². The summed E-state index contributed by atoms with van der Waals surface area (Å²) in [5.41, 5.74) is -4.90. The Morgan fingerprint density at radius 2 is 1.59 bits per heavy atom. The van der Waals surface area contributed by atoms with Crippen molar-refractivity contribution in [1.82, 2.24) is 0 Å². The molecule has 49 heavy (non-hydrogen) atoms. The molecule has 2 fully saturated rings. The molecule has 2 unspecified atom stereocenters. The summed E-state index contributed by atoms with van der Waals surface area (Å²) in [7, 11) is 0. The Balaban J connectivity index is 1.65. The van der Waals surface area contributed by atoms with Crippen LogP contribution in [0.3, 0.4) is 0 Å². The van der Waals surface area contributed by atoms with Crippen molar-refractivity contribution in [3.8, 4) is 0 Å². The number of rotatable bonds is 16. The van der Waals surface area contributed by atoms with Gasteiger partial charge in [-0.1, -0.05) is 112 Å². The number of aliphatic hydroxyl groups excluding tert-OH is 1. The van der Waals surface area contributed by atoms with Gasteiger partial charge in [0.1, 0.15) is 18.3 Å². The zero-order valence-corrected chi connectivity index (χ0v) is 31.4. The molecular formula is C40H62O9. The topological polar surface area (TPSA) is 136 Å². The summed E-state index contributed by atoms with van der Waals surface area (Å²) in [6.07, 6.45) is 11.1. The minimum Gasteiger partial charge on any atom is -0.461 e. The summed E-state index contributed by atoms with van der Waals surface area (Å²) in [4.78, 5) is 53.8. The molecule has 4 aliphatic rings. The molecule has 9 atom stereocenters. The zero-order valence-electron chi connectivity index (χ0n) is 31.4. The number of allylic oxidation sites excluding steroid dienone is 1. The van der Waals surface area contributed by atoms with Crippen molar-refractivity contribution in [2.75, 3.05) is 6.61 Å². The van der Waals surface area contributed by atoms with Gasteiger partial charge in [0.2, 0.25) is 0 Å². The molecule has 276 valence electrons. The first kappa shape index (κ1) is 39.3. The highest BCUT2D eigenvalue weighted by Crippen LogP contribution is 2.75. The highest BCUT2D eigenvalue weighted by molar-refractivity contribution is 5.96. The number of esters is 3. The third-order valence-electron chi connectivity index (χ3n) is 12.7. The fourth-order valence-electron chi connectivity index (χ4n) is 9.40. The van der Waals surface area contributed by atoms with Crippen LogP contribution in [-0.4, -0.2) is 63.9 Å². The van der Waals surface area contributed by atoms with E-state index in [1.165, 1.54) is 39.0 Å². The molecule has 0 radical (unpaired) electrons. The highest BCUT2D eigenvalue weighted by Gasteiger charge is 2.83. The van der Waals surface area contributed by atoms with Crippen LogP contribution < -0.4 is 0 Å². The molecule has 0 heterocycles. The molecule has 2 saturated carbocycles. The molecule has 1 spiro atoms. The Morgan fingerprint density at radius 3 is 2.16 bits per heavy atom. The number of carbonyl (C=O) groups is 4. The normalized spacial score (nSPS) is 34.9. The lowest BCUT2D eigenvalue weighted by molar-refractivity contribution is -0.207. The molecular weight excluding hydrogens is 624 g/mol. The molecule has 4 aliphatic carbocycles. The molecule has 0 saturated heterocycles. The molecule has 9 heteroatoms. The van der Waals surface area contributed by atoms with Crippen molar-refractivity contribution in [2.45, 2.75) is 156 Å². The van der Waals surface area contributed by atoms with Crippen LogP contribution in [0.2, 0.25) is 0 Å². The minimum atomic E-state index is -2.29. The third kappa shape index (κ3) is 6.80. The Kier molecular flexibility index (Phi) is 12.0. The molecule has 4 rings (SSSR count). The van der Waals surface area contributed by atoms with Crippen LogP contribution in [0.4, 0.5) is 0 Å². The van der Waals surface area contributed by atoms with E-state index >= 15 is 4.79 Å². The summed E-state index contributed by atoms with van der Waals surface area (Å²) in [6, 6.07) is 0. The first-order valence-corrected chi connectivity index (χ1v) is 18.8. The molecule has 2 bridgehead atoms. The number of unbranched alkanes of at least 4 members (excludes halogenated alkanes) is 8. The molecule has 0 aliphatic heterocycles. The Morgan fingerprint density at radius 1 is 1.00 bits per heavy atom. The van der Waals surface area contributed by atoms with Gasteiger partial charge in [0.15, 0.2) is 17.5 Å². The molecule has 0 aromatic carbocycles. The summed E-state index contributed by atoms with van der Waals surface area (Å²) in [5, 5.41) is 25.0. The number of carbonyl (C=O) groups excluding carboxylic acids is 4. The third-order valence-corrected chi connectivity index (χ3v) is 12.7. The Bertz CT molecular complexity index is 1330. The van der Waals surface area contributed by atoms with E-state index in [4.69, 9.17) is 14.2 Å². The van der Waals surface area contributed by atoms with Crippen LogP contribution in [-0.2, 0) is 33.4 Å². The first-order valence-electron chi connectivity index (χ1n) is 18.8. The lowest BCUT2D eigenvalue weighted by Gasteiger charge is -2.49. The van der Waals surface area contributed by atoms with Crippen LogP contribution in [0, 0.1) is 40.4 Å². The summed E-state index contributed by atoms with van der Waals surface area (Å²) < 4.78 is 17.8. The predicted molar refractivity (Wildman–Crippen MR) is 186 cm³/mol. The number of hydrogen-bond donors (Lipinski definition) is 2. The van der Waals surface area contributed by atoms with E-state index in [1.807, 2.05) is 34.6 Å². The average molecular weight is 687 g/mol. The summed E-state index contributed by atoms with van der Waals surface area (Å²) in [6.45, 7) is 16.2. The lowest BCUT2D eigenvalue weighted by Crippen LogP contribution is -2.66. The second kappa shape index (κ2) is 15.0. The van der Waals surface area contributed by atoms with Gasteiger partial charge in [-0.2, -0.15) is 0 Å². The maximum Gasteiger partial charge on any atom is 0.309 e. The SMILES string of the molecule is CCCCCCCCCCCC(=O)O[C@@]12C[C@@H](C)[C@]34C=C(C)[C@H](OC(=O)C(C)C(C)C)[C@@]3(O)[C@H](O)C(COC(C)=O)=C[C@H](C4=O)C1C2(C)C. The number of fused-ring (bicyclic) bond motifs is 3. The first-order chi connectivity index (χ1) is 22.9. The van der Waals surface area contributed by atoms with Crippen molar-refractivity contribution in [1.29, 1.82) is 0 Å². The quantitative estimate of drug-likeness (QED) is 0.0776. The van der Waals surface area contributed by atoms with Crippen LogP contribution >= 0.6 is 0 Å². The predicted octanol–water partition coefficient (Wildman–Crippen LogP) is 6.82. The molecule has 9 nitrogen and oxygen atoms in total. The average Bonchev–Trinajstić information content (AvgIpc) is 3.43. The maximum absolute atomic E-state index is 15.1. The van der Waals surface area contributed by atoms with Gasteiger partial charge < -0.3 is 24.4 Å². The van der Waals surface area contributed by atoms with Gasteiger partial charge >= 0.3 is 17.9 Å². The van der Waals surface area contributed by atoms with Crippen molar-refractivity contribution < 1.29 is 43.6 Å². The number of aliphatic hydroxyl groups is 2. The van der Waals surface area contributed by atoms with Gasteiger partial charge in [0.25, 0.3) is 0 Å². The van der Waals surface area contributed by atoms with Crippen molar-refractivity contribution in [3.63, 3.8) is 0 Å². The van der Waals surface area contributed by atoms with Crippen LogP contribution in [0.25, 0.3) is 0 Å². The maximum atomic E-state index is 15.1. The van der Waals surface area contributed by atoms with Gasteiger partial charge in [0.05, 0.1) is 11.3 Å². The molecule has 0 aromatic rings. The van der Waals surface area contributed by atoms with E-state index in [1.54, 1.807) is 26.0 Å². The van der Waals surface area contributed by atoms with E-state index in [0.29, 0.717) is 12.0 Å². The lowest BCUT2D eigenvalue weighted by atomic mass is 9.59. The van der Waals surface area contributed by atoms with Gasteiger partial charge in [-0.15, -0.1) is 0 Å². The molecule has 0 aromatic heterocycles. The largest absolute Gasteiger partial charge is 0.461 e. The number of ketones is 1. The van der Waals surface area contributed by atoms with Crippen LogP contribution in [0.5, 0.6) is 0 Å². The summed E-state index contributed by atoms with van der Waals surface area (Å²) >= 11 is 0. The summed E-state index contributed by atoms with van der Waals surface area (Å²) in [5.74, 6) is -4.18. The van der Waals surface area contributed by atoms with E-state index in [-0.39, 0.29) is 36.3 Å². The molecule has 2 N–H and O–H groups in total. The van der Waals surface area contributed by atoms with E-state index in [9.17, 15) is 24.6 Å². The second-order valence-corrected chi connectivity index (χ2v) is 16.5. The molecule has 0 amide bonds. The van der Waals surface area contributed by atoms with Crippen molar-refractivity contribution >= 4 is 23.7 Å².